The van der Waals surface area contributed by atoms with E-state index in [0.717, 1.165) is 0 Å². The predicted octanol–water partition coefficient (Wildman–Crippen LogP) is -4.09. The summed E-state index contributed by atoms with van der Waals surface area (Å²) in [6.07, 6.45) is 2.30. The first-order valence-corrected chi connectivity index (χ1v) is 19.3. The molecule has 0 aromatic heterocycles. The highest BCUT2D eigenvalue weighted by Gasteiger charge is 2.40. The number of Topliss-reactive ketones (excluding diaryl/α,β-unsaturated/α-hetero) is 3. The number of nitrogens with one attached hydrogen (secondary N) is 4. The van der Waals surface area contributed by atoms with Gasteiger partial charge in [-0.25, -0.2) is 0 Å². The van der Waals surface area contributed by atoms with E-state index in [1.54, 1.807) is 0 Å². The molecule has 0 saturated carbocycles. The lowest BCUT2D eigenvalue weighted by atomic mass is 9.95. The molecule has 2 unspecified atom stereocenters. The monoisotopic (exact) mass is 836 g/mol. The molecule has 23 heteroatoms. The van der Waals surface area contributed by atoms with Gasteiger partial charge in [0.25, 0.3) is 0 Å². The minimum atomic E-state index is -2.06. The third-order valence-electron chi connectivity index (χ3n) is 8.20. The third kappa shape index (κ3) is 20.7. The fourth-order valence-corrected chi connectivity index (χ4v) is 5.64. The number of hydrogen-bond acceptors (Lipinski definition) is 13. The van der Waals surface area contributed by atoms with Crippen LogP contribution >= 0.6 is 23.2 Å². The zero-order chi connectivity index (χ0) is 43.0. The number of halogens is 2. The van der Waals surface area contributed by atoms with Gasteiger partial charge in [0.1, 0.15) is 12.1 Å². The number of ketones is 3. The van der Waals surface area contributed by atoms with Gasteiger partial charge in [-0.1, -0.05) is 0 Å². The molecule has 0 fully saturated rings. The first-order valence-electron chi connectivity index (χ1n) is 18.4. The van der Waals surface area contributed by atoms with Crippen molar-refractivity contribution in [3.05, 3.63) is 0 Å². The van der Waals surface area contributed by atoms with E-state index in [4.69, 9.17) is 69.1 Å². The van der Waals surface area contributed by atoms with Gasteiger partial charge in [0.2, 0.25) is 23.6 Å². The molecule has 0 aliphatic heterocycles. The van der Waals surface area contributed by atoms with Crippen LogP contribution in [0, 0.1) is 0 Å². The third-order valence-corrected chi connectivity index (χ3v) is 9.06. The van der Waals surface area contributed by atoms with Crippen LogP contribution in [-0.2, 0) is 33.6 Å². The number of alkyl halides is 2. The average molecular weight is 838 g/mol. The highest BCUT2D eigenvalue weighted by atomic mass is 35.5. The SMILES string of the molecule is C[C@H](N)C(=O)N[C@@H](CCCCN)C(=O)N[C@@H](CCCN=C(N)N)C(=O)C(Cl)C(=O)C(Cl)C(=O)[C@H](CCCN=C(N)N)NC(=O)[C@H](CCCCN)NC(=O)[C@H](C)N. The second kappa shape index (κ2) is 28.3. The van der Waals surface area contributed by atoms with Gasteiger partial charge in [0, 0.05) is 13.1 Å². The van der Waals surface area contributed by atoms with Gasteiger partial charge < -0.3 is 67.1 Å². The fourth-order valence-electron chi connectivity index (χ4n) is 5.01. The van der Waals surface area contributed by atoms with Gasteiger partial charge in [-0.05, 0) is 91.1 Å². The van der Waals surface area contributed by atoms with E-state index in [1.165, 1.54) is 13.8 Å². The normalized spacial score (nSPS) is 15.3. The summed E-state index contributed by atoms with van der Waals surface area (Å²) in [5.74, 6) is -6.49. The number of nitrogens with zero attached hydrogens (tertiary/aromatic N) is 2. The summed E-state index contributed by atoms with van der Waals surface area (Å²) in [6.45, 7) is 3.59. The van der Waals surface area contributed by atoms with Gasteiger partial charge in [0.05, 0.1) is 24.2 Å². The lowest BCUT2D eigenvalue weighted by Crippen LogP contribution is -2.56. The Morgan fingerprint density at radius 1 is 0.482 bits per heavy atom. The Morgan fingerprint density at radius 2 is 0.786 bits per heavy atom. The van der Waals surface area contributed by atoms with Crippen LogP contribution in [0.3, 0.4) is 0 Å². The largest absolute Gasteiger partial charge is 0.370 e. The van der Waals surface area contributed by atoms with Crippen molar-refractivity contribution in [2.24, 2.45) is 55.9 Å². The maximum atomic E-state index is 13.8. The van der Waals surface area contributed by atoms with Crippen LogP contribution in [0.25, 0.3) is 0 Å². The molecule has 0 aliphatic rings. The van der Waals surface area contributed by atoms with E-state index in [9.17, 15) is 33.6 Å². The van der Waals surface area contributed by atoms with Crippen molar-refractivity contribution in [1.82, 2.24) is 21.3 Å². The standard InChI is InChI=1S/C33H62Cl2N14O7/c1-17(38)28(53)48-21(9-3-5-13-36)30(55)46-19(11-7-15-44-32(40)41)25(50)23(34)27(52)24(35)26(51)20(12-8-16-45-33(42)43)47-31(56)22(10-4-6-14-37)49-29(54)18(2)39/h17-24H,3-16,36-39H2,1-2H3,(H,46,55)(H,47,56)(H,48,53)(H,49,54)(H4,40,41,44)(H4,42,43,45)/t17-,18-,19-,20-,21-,22-,23?,24?/m0/s1. The van der Waals surface area contributed by atoms with Gasteiger partial charge >= 0.3 is 0 Å². The Hall–Kier alpha value is -4.15. The van der Waals surface area contributed by atoms with Crippen molar-refractivity contribution in [3.63, 3.8) is 0 Å². The minimum Gasteiger partial charge on any atom is -0.370 e. The van der Waals surface area contributed by atoms with E-state index in [-0.39, 0.29) is 63.5 Å². The van der Waals surface area contributed by atoms with Crippen molar-refractivity contribution >= 4 is 76.1 Å². The summed E-state index contributed by atoms with van der Waals surface area (Å²) >= 11 is 12.8. The van der Waals surface area contributed by atoms with E-state index < -0.39 is 88.0 Å². The Morgan fingerprint density at radius 3 is 1.07 bits per heavy atom. The second-order valence-electron chi connectivity index (χ2n) is 13.2. The lowest BCUT2D eigenvalue weighted by molar-refractivity contribution is -0.135. The fraction of sp³-hybridized carbons (Fsp3) is 0.727. The van der Waals surface area contributed by atoms with Crippen LogP contribution in [0.15, 0.2) is 9.98 Å². The van der Waals surface area contributed by atoms with Gasteiger partial charge in [0.15, 0.2) is 40.0 Å². The second-order valence-corrected chi connectivity index (χ2v) is 14.1. The Bertz CT molecular complexity index is 1260. The lowest BCUT2D eigenvalue weighted by Gasteiger charge is -2.26. The molecule has 8 atom stereocenters. The number of aliphatic imine (C=N–C) groups is 2. The van der Waals surface area contributed by atoms with Crippen molar-refractivity contribution < 1.29 is 33.6 Å². The number of carbonyl (C=O) groups is 7. The molecule has 0 bridgehead atoms. The van der Waals surface area contributed by atoms with E-state index >= 15 is 0 Å². The first-order chi connectivity index (χ1) is 26.3. The van der Waals surface area contributed by atoms with E-state index in [0.29, 0.717) is 38.8 Å². The highest BCUT2D eigenvalue weighted by molar-refractivity contribution is 6.52. The summed E-state index contributed by atoms with van der Waals surface area (Å²) in [6, 6.07) is -7.00. The highest BCUT2D eigenvalue weighted by Crippen LogP contribution is 2.17. The number of hydrogen-bond donors (Lipinski definition) is 12. The maximum absolute atomic E-state index is 13.8. The summed E-state index contributed by atoms with van der Waals surface area (Å²) in [7, 11) is 0. The molecule has 0 aromatic carbocycles. The van der Waals surface area contributed by atoms with Crippen molar-refractivity contribution in [3.8, 4) is 0 Å². The number of guanidine groups is 2. The molecule has 0 saturated heterocycles. The Labute approximate surface area is 337 Å². The molecule has 56 heavy (non-hydrogen) atoms. The van der Waals surface area contributed by atoms with Crippen LogP contribution in [0.2, 0.25) is 0 Å². The van der Waals surface area contributed by atoms with E-state index in [2.05, 4.69) is 31.3 Å². The van der Waals surface area contributed by atoms with Crippen LogP contribution in [-0.4, -0.2) is 126 Å². The number of carbonyl (C=O) groups excluding carboxylic acids is 7. The van der Waals surface area contributed by atoms with Gasteiger partial charge in [-0.2, -0.15) is 0 Å². The summed E-state index contributed by atoms with van der Waals surface area (Å²) in [5, 5.41) is 6.04. The molecular weight excluding hydrogens is 775 g/mol. The van der Waals surface area contributed by atoms with Crippen LogP contribution in [0.1, 0.15) is 78.1 Å². The summed E-state index contributed by atoms with van der Waals surface area (Å²) in [4.78, 5) is 101. The quantitative estimate of drug-likeness (QED) is 0.0108. The molecule has 0 aromatic rings. The van der Waals surface area contributed by atoms with E-state index in [1.807, 2.05) is 0 Å². The Kier molecular flexibility index (Phi) is 26.2. The number of nitrogens with two attached hydrogens (primary N) is 8. The molecule has 4 amide bonds. The molecule has 0 spiro atoms. The first kappa shape index (κ1) is 51.9. The number of unbranched alkanes of at least 4 members (excludes halogenated alkanes) is 2. The van der Waals surface area contributed by atoms with Crippen LogP contribution in [0.4, 0.5) is 0 Å². The molecule has 20 N–H and O–H groups in total. The molecule has 0 heterocycles. The minimum absolute atomic E-state index is 0.0416. The molecule has 320 valence electrons. The summed E-state index contributed by atoms with van der Waals surface area (Å²) < 4.78 is 0. The molecule has 21 nitrogen and oxygen atoms in total. The molecule has 0 aliphatic carbocycles. The van der Waals surface area contributed by atoms with Crippen molar-refractivity contribution in [2.45, 2.75) is 125 Å². The number of rotatable bonds is 30. The zero-order valence-electron chi connectivity index (χ0n) is 32.1. The molecule has 0 radical (unpaired) electrons. The number of amides is 4. The molecular formula is C33H62Cl2N14O7. The van der Waals surface area contributed by atoms with Crippen LogP contribution in [0.5, 0.6) is 0 Å². The maximum Gasteiger partial charge on any atom is 0.243 e. The van der Waals surface area contributed by atoms with Gasteiger partial charge in [-0.3, -0.25) is 43.5 Å². The smallest absolute Gasteiger partial charge is 0.243 e. The predicted molar refractivity (Wildman–Crippen MR) is 215 cm³/mol. The Balaban J connectivity index is 6.42. The average Bonchev–Trinajstić information content (AvgIpc) is 3.14. The summed E-state index contributed by atoms with van der Waals surface area (Å²) in [5.41, 5.74) is 44.1. The van der Waals surface area contributed by atoms with Gasteiger partial charge in [-0.15, -0.1) is 23.2 Å². The zero-order valence-corrected chi connectivity index (χ0v) is 33.7. The van der Waals surface area contributed by atoms with Crippen molar-refractivity contribution in [2.75, 3.05) is 26.2 Å². The van der Waals surface area contributed by atoms with Crippen LogP contribution < -0.4 is 67.1 Å². The van der Waals surface area contributed by atoms with Crippen molar-refractivity contribution in [1.29, 1.82) is 0 Å². The molecule has 0 rings (SSSR count). The topological polar surface area (TPSA) is 400 Å².